The number of carbonyl (C=O) groups excluding carboxylic acids is 6. The minimum atomic E-state index is -1.52. The third-order valence-electron chi connectivity index (χ3n) is 6.88. The van der Waals surface area contributed by atoms with Crippen molar-refractivity contribution < 1.29 is 207 Å². The molecule has 62 heavy (non-hydrogen) atoms. The molecule has 0 aliphatic rings. The van der Waals surface area contributed by atoms with E-state index in [1.54, 1.807) is 0 Å². The topological polar surface area (TPSA) is 390 Å². The molecule has 0 bridgehead atoms. The van der Waals surface area contributed by atoms with Gasteiger partial charge in [0.05, 0.1) is 58.1 Å². The first kappa shape index (κ1) is 58.2. The van der Waals surface area contributed by atoms with Crippen molar-refractivity contribution in [1.82, 2.24) is 0 Å². The van der Waals surface area contributed by atoms with Crippen molar-refractivity contribution in [1.29, 1.82) is 0 Å². The maximum atomic E-state index is 10.5. The first-order chi connectivity index (χ1) is 28.1. The van der Waals surface area contributed by atoms with Crippen molar-refractivity contribution in [2.24, 2.45) is 0 Å². The van der Waals surface area contributed by atoms with Crippen LogP contribution in [-0.2, 0) is 0 Å². The van der Waals surface area contributed by atoms with Crippen LogP contribution in [0.3, 0.4) is 0 Å². The van der Waals surface area contributed by atoms with Gasteiger partial charge in [-0.15, -0.1) is 0 Å². The molecule has 0 aliphatic carbocycles. The maximum absolute atomic E-state index is 10.5. The summed E-state index contributed by atoms with van der Waals surface area (Å²) in [6.07, 6.45) is 0. The van der Waals surface area contributed by atoms with Crippen LogP contribution in [0.2, 0.25) is 0 Å². The average molecular weight is 907 g/mol. The van der Waals surface area contributed by atoms with Crippen LogP contribution < -0.4 is 133 Å². The van der Waals surface area contributed by atoms with E-state index in [0.29, 0.717) is 0 Å². The maximum Gasteiger partial charge on any atom is 1.00 e. The van der Waals surface area contributed by atoms with Gasteiger partial charge in [0.15, 0.2) is 0 Å². The van der Waals surface area contributed by atoms with Crippen LogP contribution >= 0.6 is 0 Å². The summed E-state index contributed by atoms with van der Waals surface area (Å²) in [5.41, 5.74) is -2.94. The number of carboxylic acids is 10. The van der Waals surface area contributed by atoms with E-state index in [4.69, 9.17) is 20.4 Å². The Bertz CT molecular complexity index is 1910. The second-order valence-electron chi connectivity index (χ2n) is 10.7. The average Bonchev–Trinajstić information content (AvgIpc) is 3.21. The van der Waals surface area contributed by atoms with Crippen LogP contribution in [0, 0.1) is 0 Å². The number of rotatable bonds is 10. The van der Waals surface area contributed by atoms with E-state index in [0.717, 1.165) is 36.4 Å². The molecule has 5 aromatic rings. The number of benzene rings is 5. The van der Waals surface area contributed by atoms with Crippen molar-refractivity contribution in [3.8, 4) is 0 Å². The van der Waals surface area contributed by atoms with Gasteiger partial charge >= 0.3 is 132 Å². The zero-order valence-electron chi connectivity index (χ0n) is 35.9. The number of hydrogen-bond acceptors (Lipinski definition) is 16. The number of carboxylic acid groups (broad SMARTS) is 10. The van der Waals surface area contributed by atoms with E-state index in [2.05, 4.69) is 0 Å². The number of aromatic carboxylic acids is 10. The quantitative estimate of drug-likeness (QED) is 0.0945. The molecule has 0 amide bonds. The Morgan fingerprint density at radius 1 is 0.258 bits per heavy atom. The van der Waals surface area contributed by atoms with E-state index in [-0.39, 0.29) is 164 Å². The second kappa shape index (κ2) is 29.3. The van der Waals surface area contributed by atoms with E-state index < -0.39 is 59.7 Å². The van der Waals surface area contributed by atoms with Gasteiger partial charge in [0.25, 0.3) is 0 Å². The van der Waals surface area contributed by atoms with Crippen LogP contribution in [0.1, 0.15) is 109 Å². The first-order valence-electron chi connectivity index (χ1n) is 15.8. The molecule has 0 aromatic heterocycles. The summed E-state index contributed by atoms with van der Waals surface area (Å²) in [6, 6.07) is 26.4. The summed E-state index contributed by atoms with van der Waals surface area (Å²) < 4.78 is 0. The van der Waals surface area contributed by atoms with Crippen molar-refractivity contribution in [3.63, 3.8) is 0 Å². The van der Waals surface area contributed by atoms with E-state index in [1.807, 2.05) is 0 Å². The van der Waals surface area contributed by atoms with Crippen LogP contribution in [0.25, 0.3) is 0 Å². The van der Waals surface area contributed by atoms with Gasteiger partial charge in [-0.05, 0) is 24.3 Å². The normalized spacial score (nSPS) is 9.03. The van der Waals surface area contributed by atoms with Crippen LogP contribution in [0.4, 0.5) is 0 Å². The van der Waals surface area contributed by atoms with E-state index >= 15 is 0 Å². The summed E-state index contributed by atoms with van der Waals surface area (Å²) in [7, 11) is 0. The summed E-state index contributed by atoms with van der Waals surface area (Å²) >= 11 is 0. The molecule has 5 aromatic carbocycles. The third-order valence-corrected chi connectivity index (χ3v) is 6.88. The molecule has 0 saturated carbocycles. The fourth-order valence-corrected chi connectivity index (χ4v) is 4.23. The summed E-state index contributed by atoms with van der Waals surface area (Å²) in [6.45, 7) is 0. The molecular formula is C40H28K2O20. The van der Waals surface area contributed by atoms with Crippen LogP contribution in [0.15, 0.2) is 121 Å². The van der Waals surface area contributed by atoms with Gasteiger partial charge in [-0.3, -0.25) is 0 Å². The molecule has 0 saturated heterocycles. The largest absolute Gasteiger partial charge is 1.00 e. The van der Waals surface area contributed by atoms with Gasteiger partial charge in [0.2, 0.25) is 0 Å². The zero-order chi connectivity index (χ0) is 45.7. The molecule has 0 aliphatic heterocycles. The summed E-state index contributed by atoms with van der Waals surface area (Å²) in [4.78, 5) is 104. The Morgan fingerprint density at radius 2 is 0.355 bits per heavy atom. The van der Waals surface area contributed by atoms with Crippen molar-refractivity contribution in [2.45, 2.75) is 0 Å². The molecule has 0 heterocycles. The van der Waals surface area contributed by atoms with Crippen molar-refractivity contribution in [2.75, 3.05) is 0 Å². The predicted molar refractivity (Wildman–Crippen MR) is 190 cm³/mol. The van der Waals surface area contributed by atoms with Gasteiger partial charge in [0, 0.05) is 33.4 Å². The molecule has 4 N–H and O–H groups in total. The smallest absolute Gasteiger partial charge is 0.545 e. The molecule has 22 heteroatoms. The standard InChI is InChI=1S/5C8H6O4.2K/c5*9-7(10)5-3-1-2-4-6(5)8(11)12;;/h5*1-4H,(H,9,10)(H,11,12);;/q;;;;;2*+1/p-2. The van der Waals surface area contributed by atoms with E-state index in [1.165, 1.54) is 84.9 Å². The fourth-order valence-electron chi connectivity index (χ4n) is 4.23. The number of carbonyl (C=O) groups is 10. The first-order valence-corrected chi connectivity index (χ1v) is 15.8. The monoisotopic (exact) mass is 906 g/mol. The second-order valence-corrected chi connectivity index (χ2v) is 10.7. The Balaban J connectivity index is -0.000000167. The minimum Gasteiger partial charge on any atom is -0.545 e. The summed E-state index contributed by atoms with van der Waals surface area (Å²) in [5.74, 6) is -14.0. The zero-order valence-corrected chi connectivity index (χ0v) is 38.1. The SMILES string of the molecule is O=C(O)c1ccccc1C(=O)O.O=C(O)c1ccccc1C(=O)O.O=C([O-])c1ccccc1C(=O)[O-].O=C([O-])c1ccccc1C(=O)[O-].O=C([O-])c1ccccc1C(=O)[O-].[H+].[H+].[H+].[H+].[K+].[K+]. The van der Waals surface area contributed by atoms with Crippen molar-refractivity contribution in [3.05, 3.63) is 177 Å². The fraction of sp³-hybridized carbons (Fsp3) is 0. The molecule has 0 fully saturated rings. The molecule has 0 spiro atoms. The molecule has 20 nitrogen and oxygen atoms in total. The Kier molecular flexibility index (Phi) is 27.5. The summed E-state index contributed by atoms with van der Waals surface area (Å²) in [5, 5.41) is 96.1. The molecule has 0 radical (unpaired) electrons. The Morgan fingerprint density at radius 3 is 0.435 bits per heavy atom. The molecular weight excluding hydrogens is 879 g/mol. The van der Waals surface area contributed by atoms with Crippen LogP contribution in [-0.4, -0.2) is 80.1 Å². The van der Waals surface area contributed by atoms with Gasteiger partial charge in [0.1, 0.15) is 0 Å². The molecule has 0 atom stereocenters. The van der Waals surface area contributed by atoms with Gasteiger partial charge in [-0.1, -0.05) is 97.1 Å². The van der Waals surface area contributed by atoms with E-state index in [9.17, 15) is 78.6 Å². The Hall–Kier alpha value is -5.93. The number of hydrogen-bond donors (Lipinski definition) is 4. The predicted octanol–water partition coefficient (Wildman–Crippen LogP) is -8.14. The molecule has 0 unspecified atom stereocenters. The molecule has 5 rings (SSSR count). The van der Waals surface area contributed by atoms with Gasteiger partial charge < -0.3 is 79.8 Å². The third kappa shape index (κ3) is 19.2. The Labute approximate surface area is 439 Å². The van der Waals surface area contributed by atoms with Gasteiger partial charge in [-0.25, -0.2) is 19.2 Å². The molecule has 310 valence electrons. The minimum absolute atomic E-state index is 0. The van der Waals surface area contributed by atoms with Crippen molar-refractivity contribution >= 4 is 59.7 Å². The van der Waals surface area contributed by atoms with Crippen LogP contribution in [0.5, 0.6) is 0 Å². The van der Waals surface area contributed by atoms with Gasteiger partial charge in [-0.2, -0.15) is 0 Å².